The van der Waals surface area contributed by atoms with E-state index >= 15 is 0 Å². The summed E-state index contributed by atoms with van der Waals surface area (Å²) in [5.41, 5.74) is 0.872. The van der Waals surface area contributed by atoms with E-state index in [-0.39, 0.29) is 11.7 Å². The molecule has 1 amide bonds. The van der Waals surface area contributed by atoms with Crippen LogP contribution in [0.15, 0.2) is 42.5 Å². The normalized spacial score (nSPS) is 12.9. The first-order valence-corrected chi connectivity index (χ1v) is 12.4. The lowest BCUT2D eigenvalue weighted by Crippen LogP contribution is -2.44. The Kier molecular flexibility index (Phi) is 9.83. The van der Waals surface area contributed by atoms with E-state index in [9.17, 15) is 9.90 Å². The van der Waals surface area contributed by atoms with Crippen LogP contribution in [0.2, 0.25) is 0 Å². The van der Waals surface area contributed by atoms with E-state index in [1.165, 1.54) is 6.92 Å². The van der Waals surface area contributed by atoms with E-state index < -0.39 is 0 Å². The predicted molar refractivity (Wildman–Crippen MR) is 145 cm³/mol. The maximum absolute atomic E-state index is 13.4. The van der Waals surface area contributed by atoms with Crippen LogP contribution in [0.25, 0.3) is 10.8 Å². The van der Waals surface area contributed by atoms with Crippen LogP contribution in [0.1, 0.15) is 44.1 Å². The maximum atomic E-state index is 13.4. The molecule has 1 aliphatic rings. The number of fused-ring (bicyclic) bond motifs is 1. The highest BCUT2D eigenvalue weighted by atomic mass is 16.3. The van der Waals surface area contributed by atoms with Crippen LogP contribution in [-0.2, 0) is 0 Å². The van der Waals surface area contributed by atoms with Crippen molar-refractivity contribution in [3.05, 3.63) is 48.2 Å². The molecule has 9 nitrogen and oxygen atoms in total. The zero-order valence-electron chi connectivity index (χ0n) is 21.3. The molecule has 0 unspecified atom stereocenters. The number of benzene rings is 2. The largest absolute Gasteiger partial charge is 0.508 e. The number of amides is 1. The van der Waals surface area contributed by atoms with Crippen molar-refractivity contribution in [1.82, 2.24) is 15.3 Å². The molecule has 0 atom stereocenters. The second-order valence-corrected chi connectivity index (χ2v) is 8.53. The molecule has 1 aliphatic heterocycles. The van der Waals surface area contributed by atoms with Crippen LogP contribution in [0.5, 0.6) is 5.75 Å². The molecular formula is C27H35N7O2. The minimum absolute atomic E-state index is 0.103. The predicted octanol–water partition coefficient (Wildman–Crippen LogP) is 4.15. The van der Waals surface area contributed by atoms with Crippen molar-refractivity contribution in [1.29, 1.82) is 5.26 Å². The molecule has 0 aliphatic carbocycles. The fourth-order valence-electron chi connectivity index (χ4n) is 4.17. The molecule has 0 radical (unpaired) electrons. The summed E-state index contributed by atoms with van der Waals surface area (Å²) in [4.78, 5) is 27.2. The number of carbonyl (C=O) groups excluding carboxylic acids is 1. The van der Waals surface area contributed by atoms with Gasteiger partial charge in [-0.15, -0.1) is 0 Å². The van der Waals surface area contributed by atoms with Gasteiger partial charge in [-0.05, 0) is 24.3 Å². The van der Waals surface area contributed by atoms with Crippen molar-refractivity contribution in [2.75, 3.05) is 54.4 Å². The van der Waals surface area contributed by atoms with Gasteiger partial charge in [-0.3, -0.25) is 4.79 Å². The van der Waals surface area contributed by atoms with Crippen molar-refractivity contribution in [2.45, 2.75) is 33.6 Å². The number of nitriles is 1. The molecule has 1 aromatic heterocycles. The van der Waals surface area contributed by atoms with Gasteiger partial charge < -0.3 is 25.5 Å². The monoisotopic (exact) mass is 489 g/mol. The third-order valence-electron chi connectivity index (χ3n) is 5.74. The summed E-state index contributed by atoms with van der Waals surface area (Å²) in [5.74, 6) is 1.13. The Hall–Kier alpha value is -3.90. The molecule has 0 saturated carbocycles. The standard InChI is InChI=1S/C25H32N6O2.C2H3N/c1-3-11-30(12-4-2)23-17-22(28-25(29-23)31-13-9-26-10-14-31)24(33)27-21-16-19(32)15-18-7-5-6-8-20(18)21;1-2-3/h5-8,15-17,26,32H,3-4,9-14H2,1-2H3,(H,27,33);1H3. The molecule has 0 bridgehead atoms. The zero-order chi connectivity index (χ0) is 25.9. The number of nitrogens with zero attached hydrogens (tertiary/aromatic N) is 5. The highest BCUT2D eigenvalue weighted by Crippen LogP contribution is 2.29. The Bertz CT molecular complexity index is 1200. The average molecular weight is 490 g/mol. The quantitative estimate of drug-likeness (QED) is 0.432. The molecule has 3 N–H and O–H groups in total. The van der Waals surface area contributed by atoms with Crippen molar-refractivity contribution in [3.63, 3.8) is 0 Å². The van der Waals surface area contributed by atoms with Crippen LogP contribution in [0, 0.1) is 11.3 Å². The number of hydrogen-bond donors (Lipinski definition) is 3. The summed E-state index contributed by atoms with van der Waals surface area (Å²) in [7, 11) is 0. The van der Waals surface area contributed by atoms with E-state index in [0.717, 1.165) is 68.7 Å². The van der Waals surface area contributed by atoms with Crippen LogP contribution in [0.3, 0.4) is 0 Å². The summed E-state index contributed by atoms with van der Waals surface area (Å²) in [6.45, 7) is 10.8. The third kappa shape index (κ3) is 6.83. The van der Waals surface area contributed by atoms with E-state index in [0.29, 0.717) is 17.3 Å². The van der Waals surface area contributed by atoms with Crippen molar-refractivity contribution in [3.8, 4) is 11.8 Å². The Morgan fingerprint density at radius 1 is 1.14 bits per heavy atom. The van der Waals surface area contributed by atoms with Gasteiger partial charge in [0, 0.05) is 63.7 Å². The van der Waals surface area contributed by atoms with Gasteiger partial charge in [0.2, 0.25) is 5.95 Å². The Balaban J connectivity index is 0.00000115. The van der Waals surface area contributed by atoms with Gasteiger partial charge >= 0.3 is 0 Å². The number of carbonyl (C=O) groups is 1. The minimum Gasteiger partial charge on any atom is -0.508 e. The van der Waals surface area contributed by atoms with Gasteiger partial charge in [-0.1, -0.05) is 38.1 Å². The van der Waals surface area contributed by atoms with E-state index in [4.69, 9.17) is 10.2 Å². The number of piperazine rings is 1. The van der Waals surface area contributed by atoms with Crippen LogP contribution >= 0.6 is 0 Å². The number of aromatic hydroxyl groups is 1. The first-order valence-electron chi connectivity index (χ1n) is 12.4. The second-order valence-electron chi connectivity index (χ2n) is 8.53. The molecule has 9 heteroatoms. The molecule has 1 fully saturated rings. The van der Waals surface area contributed by atoms with E-state index in [1.807, 2.05) is 24.3 Å². The molecule has 1 saturated heterocycles. The second kappa shape index (κ2) is 13.3. The smallest absolute Gasteiger partial charge is 0.274 e. The average Bonchev–Trinajstić information content (AvgIpc) is 2.89. The van der Waals surface area contributed by atoms with Crippen molar-refractivity contribution < 1.29 is 9.90 Å². The van der Waals surface area contributed by atoms with Gasteiger partial charge in [0.1, 0.15) is 17.3 Å². The van der Waals surface area contributed by atoms with E-state index in [1.54, 1.807) is 24.3 Å². The molecule has 2 aromatic carbocycles. The van der Waals surface area contributed by atoms with Gasteiger partial charge in [0.05, 0.1) is 11.8 Å². The first-order chi connectivity index (χ1) is 17.5. The maximum Gasteiger partial charge on any atom is 0.274 e. The molecule has 190 valence electrons. The number of rotatable bonds is 8. The summed E-state index contributed by atoms with van der Waals surface area (Å²) in [6, 6.07) is 14.4. The lowest BCUT2D eigenvalue weighted by Gasteiger charge is -2.29. The van der Waals surface area contributed by atoms with Crippen LogP contribution in [0.4, 0.5) is 17.5 Å². The van der Waals surface area contributed by atoms with Crippen LogP contribution < -0.4 is 20.4 Å². The number of anilines is 3. The highest BCUT2D eigenvalue weighted by Gasteiger charge is 2.20. The molecule has 36 heavy (non-hydrogen) atoms. The van der Waals surface area contributed by atoms with Gasteiger partial charge in [0.25, 0.3) is 5.91 Å². The lowest BCUT2D eigenvalue weighted by atomic mass is 10.1. The first kappa shape index (κ1) is 26.7. The number of nitrogens with one attached hydrogen (secondary N) is 2. The number of phenols is 1. The summed E-state index contributed by atoms with van der Waals surface area (Å²) >= 11 is 0. The van der Waals surface area contributed by atoms with E-state index in [2.05, 4.69) is 39.3 Å². The Morgan fingerprint density at radius 2 is 1.81 bits per heavy atom. The fraction of sp³-hybridized carbons (Fsp3) is 0.407. The van der Waals surface area contributed by atoms with Gasteiger partial charge in [-0.25, -0.2) is 4.98 Å². The number of aromatic nitrogens is 2. The highest BCUT2D eigenvalue weighted by molar-refractivity contribution is 6.09. The van der Waals surface area contributed by atoms with Crippen molar-refractivity contribution in [2.24, 2.45) is 0 Å². The summed E-state index contributed by atoms with van der Waals surface area (Å²) in [5, 5.41) is 25.5. The summed E-state index contributed by atoms with van der Waals surface area (Å²) < 4.78 is 0. The Morgan fingerprint density at radius 3 is 2.47 bits per heavy atom. The number of hydrogen-bond acceptors (Lipinski definition) is 8. The fourth-order valence-corrected chi connectivity index (χ4v) is 4.17. The lowest BCUT2D eigenvalue weighted by molar-refractivity contribution is 0.102. The SMILES string of the molecule is CC#N.CCCN(CCC)c1cc(C(=O)Nc2cc(O)cc3ccccc23)nc(N2CCNCC2)n1. The topological polar surface area (TPSA) is 117 Å². The zero-order valence-corrected chi connectivity index (χ0v) is 21.3. The molecular weight excluding hydrogens is 454 g/mol. The summed E-state index contributed by atoms with van der Waals surface area (Å²) in [6.07, 6.45) is 1.98. The molecule has 0 spiro atoms. The molecule has 4 rings (SSSR count). The minimum atomic E-state index is -0.321. The number of phenolic OH excluding ortho intramolecular Hbond substituents is 1. The van der Waals surface area contributed by atoms with Crippen molar-refractivity contribution >= 4 is 34.1 Å². The molecule has 3 aromatic rings. The Labute approximate surface area is 212 Å². The third-order valence-corrected chi connectivity index (χ3v) is 5.74. The molecule has 2 heterocycles. The van der Waals surface area contributed by atoms with Gasteiger partial charge in [-0.2, -0.15) is 10.2 Å². The van der Waals surface area contributed by atoms with Gasteiger partial charge in [0.15, 0.2) is 0 Å². The van der Waals surface area contributed by atoms with Crippen LogP contribution in [-0.4, -0.2) is 60.3 Å².